The summed E-state index contributed by atoms with van der Waals surface area (Å²) in [4.78, 5) is 21.8. The maximum absolute atomic E-state index is 13.7. The van der Waals surface area contributed by atoms with Crippen LogP contribution in [0.15, 0.2) is 42.7 Å². The summed E-state index contributed by atoms with van der Waals surface area (Å²) in [5, 5.41) is 3.73. The highest BCUT2D eigenvalue weighted by Gasteiger charge is 2.16. The maximum Gasteiger partial charge on any atom is 0.255 e. The first kappa shape index (κ1) is 17.5. The fourth-order valence-electron chi connectivity index (χ4n) is 2.37. The van der Waals surface area contributed by atoms with Crippen molar-refractivity contribution in [1.82, 2.24) is 15.3 Å². The number of aryl methyl sites for hydroxylation is 1. The summed E-state index contributed by atoms with van der Waals surface area (Å²) in [5.74, 6) is -1.14. The van der Waals surface area contributed by atoms with Gasteiger partial charge in [-0.3, -0.25) is 9.78 Å². The molecular weight excluding hydrogens is 361 g/mol. The Balaban J connectivity index is 1.65. The van der Waals surface area contributed by atoms with Crippen molar-refractivity contribution >= 4 is 28.8 Å². The molecule has 1 N–H and O–H groups in total. The highest BCUT2D eigenvalue weighted by atomic mass is 35.5. The number of hydrogen-bond donors (Lipinski definition) is 1. The third kappa shape index (κ3) is 4.03. The molecule has 0 spiro atoms. The summed E-state index contributed by atoms with van der Waals surface area (Å²) in [5.41, 5.74) is 1.81. The number of halogens is 2. The lowest BCUT2D eigenvalue weighted by atomic mass is 10.2. The summed E-state index contributed by atoms with van der Waals surface area (Å²) in [7, 11) is 0. The third-order valence-electron chi connectivity index (χ3n) is 3.65. The lowest BCUT2D eigenvalue weighted by molar-refractivity contribution is 0.0950. The van der Waals surface area contributed by atoms with E-state index in [2.05, 4.69) is 15.3 Å². The second kappa shape index (κ2) is 7.72. The molecule has 0 aliphatic heterocycles. The van der Waals surface area contributed by atoms with Crippen LogP contribution in [0, 0.1) is 12.7 Å². The molecular formula is C18H15ClFN3OS. The minimum absolute atomic E-state index is 0.103. The molecule has 25 heavy (non-hydrogen) atoms. The Morgan fingerprint density at radius 2 is 2.04 bits per heavy atom. The standard InChI is InChI=1S/C18H15ClFN3OS/c1-11-15(25-18(23-11)12-5-8-21-9-6-12)7-10-22-17(24)16-13(19)3-2-4-14(16)20/h2-6,8-9H,7,10H2,1H3,(H,22,24). The highest BCUT2D eigenvalue weighted by Crippen LogP contribution is 2.27. The first-order valence-corrected chi connectivity index (χ1v) is 8.84. The average molecular weight is 376 g/mol. The SMILES string of the molecule is Cc1nc(-c2ccncc2)sc1CCNC(=O)c1c(F)cccc1Cl. The molecule has 0 unspecified atom stereocenters. The Morgan fingerprint density at radius 1 is 1.28 bits per heavy atom. The lowest BCUT2D eigenvalue weighted by Crippen LogP contribution is -2.26. The van der Waals surface area contributed by atoms with Crippen LogP contribution in [0.4, 0.5) is 4.39 Å². The zero-order valence-corrected chi connectivity index (χ0v) is 15.0. The van der Waals surface area contributed by atoms with E-state index >= 15 is 0 Å². The van der Waals surface area contributed by atoms with Crippen LogP contribution < -0.4 is 5.32 Å². The van der Waals surface area contributed by atoms with Crippen molar-refractivity contribution in [1.29, 1.82) is 0 Å². The van der Waals surface area contributed by atoms with E-state index in [0.29, 0.717) is 13.0 Å². The molecule has 0 aliphatic carbocycles. The van der Waals surface area contributed by atoms with Gasteiger partial charge in [-0.1, -0.05) is 17.7 Å². The average Bonchev–Trinajstić information content (AvgIpc) is 2.96. The second-order valence-electron chi connectivity index (χ2n) is 5.37. The van der Waals surface area contributed by atoms with E-state index in [4.69, 9.17) is 11.6 Å². The molecule has 0 bridgehead atoms. The van der Waals surface area contributed by atoms with Crippen LogP contribution in [0.3, 0.4) is 0 Å². The maximum atomic E-state index is 13.7. The topological polar surface area (TPSA) is 54.9 Å². The van der Waals surface area contributed by atoms with Gasteiger partial charge >= 0.3 is 0 Å². The van der Waals surface area contributed by atoms with Gasteiger partial charge in [-0.05, 0) is 31.2 Å². The Morgan fingerprint density at radius 3 is 2.76 bits per heavy atom. The Hall–Kier alpha value is -2.31. The van der Waals surface area contributed by atoms with Gasteiger partial charge in [0.1, 0.15) is 10.8 Å². The van der Waals surface area contributed by atoms with Crippen LogP contribution in [0.5, 0.6) is 0 Å². The van der Waals surface area contributed by atoms with Crippen LogP contribution in [0.2, 0.25) is 5.02 Å². The zero-order valence-electron chi connectivity index (χ0n) is 13.4. The molecule has 0 saturated heterocycles. The lowest BCUT2D eigenvalue weighted by Gasteiger charge is -2.07. The molecule has 1 aromatic carbocycles. The van der Waals surface area contributed by atoms with Crippen molar-refractivity contribution in [2.45, 2.75) is 13.3 Å². The van der Waals surface area contributed by atoms with E-state index in [-0.39, 0.29) is 10.6 Å². The Kier molecular flexibility index (Phi) is 5.40. The Labute approximate surface area is 153 Å². The number of hydrogen-bond acceptors (Lipinski definition) is 4. The molecule has 7 heteroatoms. The molecule has 2 heterocycles. The largest absolute Gasteiger partial charge is 0.352 e. The molecule has 0 saturated carbocycles. The molecule has 0 aliphatic rings. The highest BCUT2D eigenvalue weighted by molar-refractivity contribution is 7.15. The van der Waals surface area contributed by atoms with E-state index in [9.17, 15) is 9.18 Å². The number of nitrogens with one attached hydrogen (secondary N) is 1. The van der Waals surface area contributed by atoms with E-state index < -0.39 is 11.7 Å². The number of carbonyl (C=O) groups is 1. The molecule has 2 aromatic heterocycles. The first-order chi connectivity index (χ1) is 12.1. The monoisotopic (exact) mass is 375 g/mol. The van der Waals surface area contributed by atoms with Crippen molar-refractivity contribution in [2.75, 3.05) is 6.54 Å². The van der Waals surface area contributed by atoms with Crippen LogP contribution in [0.25, 0.3) is 10.6 Å². The number of aromatic nitrogens is 2. The van der Waals surface area contributed by atoms with E-state index in [1.54, 1.807) is 23.7 Å². The fraction of sp³-hybridized carbons (Fsp3) is 0.167. The number of rotatable bonds is 5. The van der Waals surface area contributed by atoms with Crippen molar-refractivity contribution in [3.8, 4) is 10.6 Å². The normalized spacial score (nSPS) is 10.7. The van der Waals surface area contributed by atoms with E-state index in [1.165, 1.54) is 18.2 Å². The van der Waals surface area contributed by atoms with Crippen molar-refractivity contribution in [3.63, 3.8) is 0 Å². The van der Waals surface area contributed by atoms with Crippen molar-refractivity contribution < 1.29 is 9.18 Å². The van der Waals surface area contributed by atoms with Gasteiger partial charge in [-0.25, -0.2) is 9.37 Å². The van der Waals surface area contributed by atoms with Gasteiger partial charge in [-0.15, -0.1) is 11.3 Å². The van der Waals surface area contributed by atoms with Gasteiger partial charge in [0, 0.05) is 35.8 Å². The summed E-state index contributed by atoms with van der Waals surface area (Å²) < 4.78 is 13.7. The summed E-state index contributed by atoms with van der Waals surface area (Å²) in [6, 6.07) is 7.99. The predicted molar refractivity (Wildman–Crippen MR) is 97.5 cm³/mol. The molecule has 1 amide bonds. The van der Waals surface area contributed by atoms with E-state index in [0.717, 1.165) is 21.1 Å². The number of amides is 1. The second-order valence-corrected chi connectivity index (χ2v) is 6.86. The van der Waals surface area contributed by atoms with Crippen molar-refractivity contribution in [3.05, 3.63) is 69.7 Å². The van der Waals surface area contributed by atoms with Gasteiger partial charge in [-0.2, -0.15) is 0 Å². The number of benzene rings is 1. The van der Waals surface area contributed by atoms with Gasteiger partial charge in [0.05, 0.1) is 16.3 Å². The number of thiazole rings is 1. The fourth-order valence-corrected chi connectivity index (χ4v) is 3.69. The number of pyridine rings is 1. The van der Waals surface area contributed by atoms with Gasteiger partial charge in [0.2, 0.25) is 0 Å². The minimum atomic E-state index is -0.626. The van der Waals surface area contributed by atoms with Gasteiger partial charge in [0.25, 0.3) is 5.91 Å². The Bertz CT molecular complexity index is 878. The quantitative estimate of drug-likeness (QED) is 0.724. The number of carbonyl (C=O) groups excluding carboxylic acids is 1. The summed E-state index contributed by atoms with van der Waals surface area (Å²) >= 11 is 7.48. The first-order valence-electron chi connectivity index (χ1n) is 7.65. The van der Waals surface area contributed by atoms with Gasteiger partial charge < -0.3 is 5.32 Å². The summed E-state index contributed by atoms with van der Waals surface area (Å²) in [6.45, 7) is 2.31. The summed E-state index contributed by atoms with van der Waals surface area (Å²) in [6.07, 6.45) is 4.07. The zero-order chi connectivity index (χ0) is 17.8. The molecule has 0 radical (unpaired) electrons. The molecule has 3 rings (SSSR count). The number of nitrogens with zero attached hydrogens (tertiary/aromatic N) is 2. The van der Waals surface area contributed by atoms with Crippen molar-refractivity contribution in [2.24, 2.45) is 0 Å². The third-order valence-corrected chi connectivity index (χ3v) is 5.23. The van der Waals surface area contributed by atoms with Crippen LogP contribution >= 0.6 is 22.9 Å². The molecule has 3 aromatic rings. The van der Waals surface area contributed by atoms with E-state index in [1.807, 2.05) is 19.1 Å². The molecule has 4 nitrogen and oxygen atoms in total. The molecule has 128 valence electrons. The predicted octanol–water partition coefficient (Wildman–Crippen LogP) is 4.28. The van der Waals surface area contributed by atoms with Crippen LogP contribution in [-0.4, -0.2) is 22.4 Å². The molecule has 0 fully saturated rings. The minimum Gasteiger partial charge on any atom is -0.352 e. The van der Waals surface area contributed by atoms with Crippen LogP contribution in [0.1, 0.15) is 20.9 Å². The smallest absolute Gasteiger partial charge is 0.255 e. The van der Waals surface area contributed by atoms with Gasteiger partial charge in [0.15, 0.2) is 0 Å². The molecule has 0 atom stereocenters. The van der Waals surface area contributed by atoms with Crippen LogP contribution in [-0.2, 0) is 6.42 Å².